The van der Waals surface area contributed by atoms with Crippen molar-refractivity contribution in [1.82, 2.24) is 10.2 Å². The van der Waals surface area contributed by atoms with Gasteiger partial charge in [-0.15, -0.1) is 0 Å². The van der Waals surface area contributed by atoms with Gasteiger partial charge >= 0.3 is 0 Å². The van der Waals surface area contributed by atoms with Crippen LogP contribution in [0, 0.1) is 0 Å². The lowest BCUT2D eigenvalue weighted by Crippen LogP contribution is -2.45. The SMILES string of the molecule is COc1ccc(C(CN=C(N)NC(C)(C)C)N(C)C)cc1. The quantitative estimate of drug-likeness (QED) is 0.643. The molecule has 0 bridgehead atoms. The zero-order chi connectivity index (χ0) is 16.0. The van der Waals surface area contributed by atoms with Gasteiger partial charge in [0.25, 0.3) is 0 Å². The summed E-state index contributed by atoms with van der Waals surface area (Å²) in [5.41, 5.74) is 7.04. The minimum atomic E-state index is -0.0820. The topological polar surface area (TPSA) is 62.9 Å². The van der Waals surface area contributed by atoms with Crippen molar-refractivity contribution < 1.29 is 4.74 Å². The molecule has 1 aromatic carbocycles. The Bertz CT molecular complexity index is 460. The summed E-state index contributed by atoms with van der Waals surface area (Å²) in [6.45, 7) is 6.78. The molecule has 0 heterocycles. The summed E-state index contributed by atoms with van der Waals surface area (Å²) in [6, 6.07) is 8.23. The van der Waals surface area contributed by atoms with Crippen molar-refractivity contribution in [2.75, 3.05) is 27.7 Å². The first-order chi connectivity index (χ1) is 9.73. The molecule has 1 atom stereocenters. The molecule has 0 saturated heterocycles. The lowest BCUT2D eigenvalue weighted by molar-refractivity contribution is 0.306. The molecule has 0 amide bonds. The summed E-state index contributed by atoms with van der Waals surface area (Å²) in [5, 5.41) is 3.17. The summed E-state index contributed by atoms with van der Waals surface area (Å²) >= 11 is 0. The summed E-state index contributed by atoms with van der Waals surface area (Å²) in [6.07, 6.45) is 0. The van der Waals surface area contributed by atoms with Crippen LogP contribution in [-0.4, -0.2) is 44.1 Å². The van der Waals surface area contributed by atoms with Gasteiger partial charge in [0.1, 0.15) is 5.75 Å². The maximum atomic E-state index is 5.93. The summed E-state index contributed by atoms with van der Waals surface area (Å²) in [7, 11) is 5.75. The van der Waals surface area contributed by atoms with E-state index >= 15 is 0 Å². The van der Waals surface area contributed by atoms with Gasteiger partial charge in [-0.3, -0.25) is 4.99 Å². The molecule has 0 saturated carbocycles. The molecule has 0 aliphatic rings. The molecule has 5 heteroatoms. The number of likely N-dealkylation sites (N-methyl/N-ethyl adjacent to an activating group) is 1. The van der Waals surface area contributed by atoms with Crippen molar-refractivity contribution >= 4 is 5.96 Å². The molecule has 21 heavy (non-hydrogen) atoms. The Hall–Kier alpha value is -1.75. The van der Waals surface area contributed by atoms with Crippen LogP contribution in [0.4, 0.5) is 0 Å². The van der Waals surface area contributed by atoms with Crippen LogP contribution in [0.25, 0.3) is 0 Å². The van der Waals surface area contributed by atoms with Crippen LogP contribution < -0.4 is 15.8 Å². The fourth-order valence-electron chi connectivity index (χ4n) is 2.00. The van der Waals surface area contributed by atoms with E-state index in [4.69, 9.17) is 10.5 Å². The van der Waals surface area contributed by atoms with E-state index in [9.17, 15) is 0 Å². The number of hydrogen-bond donors (Lipinski definition) is 2. The van der Waals surface area contributed by atoms with Gasteiger partial charge in [-0.05, 0) is 52.6 Å². The van der Waals surface area contributed by atoms with Crippen molar-refractivity contribution in [3.63, 3.8) is 0 Å². The zero-order valence-corrected chi connectivity index (χ0v) is 14.0. The number of guanidine groups is 1. The molecular formula is C16H28N4O. The molecule has 3 N–H and O–H groups in total. The number of nitrogens with one attached hydrogen (secondary N) is 1. The predicted octanol–water partition coefficient (Wildman–Crippen LogP) is 2.00. The van der Waals surface area contributed by atoms with E-state index in [-0.39, 0.29) is 11.6 Å². The van der Waals surface area contributed by atoms with Gasteiger partial charge in [-0.2, -0.15) is 0 Å². The monoisotopic (exact) mass is 292 g/mol. The highest BCUT2D eigenvalue weighted by atomic mass is 16.5. The molecule has 1 aromatic rings. The number of hydrogen-bond acceptors (Lipinski definition) is 3. The van der Waals surface area contributed by atoms with Crippen LogP contribution in [0.5, 0.6) is 5.75 Å². The van der Waals surface area contributed by atoms with Crippen molar-refractivity contribution in [1.29, 1.82) is 0 Å². The molecule has 5 nitrogen and oxygen atoms in total. The minimum Gasteiger partial charge on any atom is -0.497 e. The molecule has 0 radical (unpaired) electrons. The number of nitrogens with two attached hydrogens (primary N) is 1. The Morgan fingerprint density at radius 3 is 2.29 bits per heavy atom. The lowest BCUT2D eigenvalue weighted by atomic mass is 10.1. The number of rotatable bonds is 5. The van der Waals surface area contributed by atoms with E-state index in [1.54, 1.807) is 7.11 Å². The average molecular weight is 292 g/mol. The number of benzene rings is 1. The zero-order valence-electron chi connectivity index (χ0n) is 14.0. The van der Waals surface area contributed by atoms with Gasteiger partial charge in [-0.25, -0.2) is 0 Å². The van der Waals surface area contributed by atoms with E-state index in [0.717, 1.165) is 5.75 Å². The Kier molecular flexibility index (Phi) is 6.03. The van der Waals surface area contributed by atoms with E-state index in [1.165, 1.54) is 5.56 Å². The molecular weight excluding hydrogens is 264 g/mol. The largest absolute Gasteiger partial charge is 0.497 e. The number of aliphatic imine (C=N–C) groups is 1. The highest BCUT2D eigenvalue weighted by molar-refractivity contribution is 5.78. The third-order valence-corrected chi connectivity index (χ3v) is 3.06. The maximum Gasteiger partial charge on any atom is 0.189 e. The molecule has 0 aliphatic heterocycles. The fourth-order valence-corrected chi connectivity index (χ4v) is 2.00. The Labute approximate surface area is 128 Å². The van der Waals surface area contributed by atoms with Crippen LogP contribution in [0.3, 0.4) is 0 Å². The summed E-state index contributed by atoms with van der Waals surface area (Å²) in [4.78, 5) is 6.60. The van der Waals surface area contributed by atoms with Gasteiger partial charge in [0, 0.05) is 5.54 Å². The van der Waals surface area contributed by atoms with Gasteiger partial charge in [0.05, 0.1) is 19.7 Å². The van der Waals surface area contributed by atoms with Gasteiger partial charge in [0.15, 0.2) is 5.96 Å². The van der Waals surface area contributed by atoms with Gasteiger partial charge in [-0.1, -0.05) is 12.1 Å². The van der Waals surface area contributed by atoms with E-state index < -0.39 is 0 Å². The van der Waals surface area contributed by atoms with Crippen molar-refractivity contribution in [3.05, 3.63) is 29.8 Å². The molecule has 1 unspecified atom stereocenters. The second-order valence-electron chi connectivity index (χ2n) is 6.35. The number of ether oxygens (including phenoxy) is 1. The summed E-state index contributed by atoms with van der Waals surface area (Å²) < 4.78 is 5.19. The molecule has 0 aromatic heterocycles. The van der Waals surface area contributed by atoms with Crippen LogP contribution in [0.2, 0.25) is 0 Å². The Balaban J connectivity index is 2.80. The van der Waals surface area contributed by atoms with Gasteiger partial charge in [0.2, 0.25) is 0 Å². The Morgan fingerprint density at radius 2 is 1.86 bits per heavy atom. The average Bonchev–Trinajstić information content (AvgIpc) is 2.37. The van der Waals surface area contributed by atoms with Crippen LogP contribution in [0.15, 0.2) is 29.3 Å². The Morgan fingerprint density at radius 1 is 1.29 bits per heavy atom. The third-order valence-electron chi connectivity index (χ3n) is 3.06. The minimum absolute atomic E-state index is 0.0820. The first-order valence-corrected chi connectivity index (χ1v) is 7.11. The van der Waals surface area contributed by atoms with E-state index in [2.05, 4.69) is 48.1 Å². The fraction of sp³-hybridized carbons (Fsp3) is 0.562. The molecule has 0 spiro atoms. The highest BCUT2D eigenvalue weighted by Crippen LogP contribution is 2.21. The van der Waals surface area contributed by atoms with Crippen LogP contribution in [-0.2, 0) is 0 Å². The van der Waals surface area contributed by atoms with Crippen molar-refractivity contribution in [3.8, 4) is 5.75 Å². The standard InChI is InChI=1S/C16H28N4O/c1-16(2,3)19-15(17)18-11-14(20(4)5)12-7-9-13(21-6)10-8-12/h7-10,14H,11H2,1-6H3,(H3,17,18,19). The van der Waals surface area contributed by atoms with Crippen LogP contribution >= 0.6 is 0 Å². The van der Waals surface area contributed by atoms with E-state index in [1.807, 2.05) is 26.2 Å². The third kappa shape index (κ3) is 6.04. The molecule has 1 rings (SSSR count). The molecule has 0 fully saturated rings. The number of nitrogens with zero attached hydrogens (tertiary/aromatic N) is 2. The predicted molar refractivity (Wildman–Crippen MR) is 88.8 cm³/mol. The molecule has 118 valence electrons. The normalized spacial score (nSPS) is 14.1. The summed E-state index contributed by atoms with van der Waals surface area (Å²) in [5.74, 6) is 1.33. The maximum absolute atomic E-state index is 5.93. The lowest BCUT2D eigenvalue weighted by Gasteiger charge is -2.25. The second-order valence-corrected chi connectivity index (χ2v) is 6.35. The van der Waals surface area contributed by atoms with Crippen LogP contribution in [0.1, 0.15) is 32.4 Å². The van der Waals surface area contributed by atoms with Crippen molar-refractivity contribution in [2.45, 2.75) is 32.4 Å². The van der Waals surface area contributed by atoms with Crippen molar-refractivity contribution in [2.24, 2.45) is 10.7 Å². The number of methoxy groups -OCH3 is 1. The highest BCUT2D eigenvalue weighted by Gasteiger charge is 2.15. The first kappa shape index (κ1) is 17.3. The smallest absolute Gasteiger partial charge is 0.189 e. The molecule has 0 aliphatic carbocycles. The van der Waals surface area contributed by atoms with Gasteiger partial charge < -0.3 is 20.7 Å². The van der Waals surface area contributed by atoms with E-state index in [0.29, 0.717) is 12.5 Å². The second kappa shape index (κ2) is 7.31. The first-order valence-electron chi connectivity index (χ1n) is 7.11.